The van der Waals surface area contributed by atoms with Gasteiger partial charge in [-0.3, -0.25) is 4.79 Å². The summed E-state index contributed by atoms with van der Waals surface area (Å²) >= 11 is 0. The third-order valence-electron chi connectivity index (χ3n) is 2.77. The monoisotopic (exact) mass is 270 g/mol. The van der Waals surface area contributed by atoms with Crippen molar-refractivity contribution >= 4 is 11.9 Å². The zero-order chi connectivity index (χ0) is 14.3. The third kappa shape index (κ3) is 12.9. The minimum absolute atomic E-state index is 0.121. The van der Waals surface area contributed by atoms with Crippen LogP contribution < -0.4 is 0 Å². The van der Waals surface area contributed by atoms with Crippen molar-refractivity contribution in [1.29, 1.82) is 0 Å². The lowest BCUT2D eigenvalue weighted by Crippen LogP contribution is -1.99. The smallest absolute Gasteiger partial charge is 0.330 e. The minimum Gasteiger partial charge on any atom is -0.469 e. The van der Waals surface area contributed by atoms with E-state index < -0.39 is 0 Å². The van der Waals surface area contributed by atoms with Gasteiger partial charge >= 0.3 is 11.9 Å². The Bertz CT molecular complexity index is 271. The van der Waals surface area contributed by atoms with Gasteiger partial charge in [-0.1, -0.05) is 31.8 Å². The predicted octanol–water partition coefficient (Wildman–Crippen LogP) is 3.40. The number of hydrogen-bond acceptors (Lipinski definition) is 4. The van der Waals surface area contributed by atoms with Gasteiger partial charge in [-0.15, -0.1) is 0 Å². The summed E-state index contributed by atoms with van der Waals surface area (Å²) < 4.78 is 9.35. The highest BCUT2D eigenvalue weighted by molar-refractivity contribution is 5.81. The molecule has 0 saturated heterocycles. The van der Waals surface area contributed by atoms with Gasteiger partial charge in [0, 0.05) is 12.5 Å². The van der Waals surface area contributed by atoms with Crippen molar-refractivity contribution in [3.8, 4) is 0 Å². The molecule has 0 aromatic carbocycles. The highest BCUT2D eigenvalue weighted by Gasteiger charge is 1.98. The van der Waals surface area contributed by atoms with E-state index >= 15 is 0 Å². The second kappa shape index (κ2) is 13.1. The standard InChI is InChI=1S/C15H26O4/c1-3-19-15(17)13-11-9-7-5-4-6-8-10-12-14(16)18-2/h11,13H,3-10,12H2,1-2H3. The van der Waals surface area contributed by atoms with E-state index in [4.69, 9.17) is 4.74 Å². The molecule has 0 aliphatic carbocycles. The Kier molecular flexibility index (Phi) is 12.2. The van der Waals surface area contributed by atoms with Crippen LogP contribution >= 0.6 is 0 Å². The van der Waals surface area contributed by atoms with Crippen LogP contribution in [0.4, 0.5) is 0 Å². The van der Waals surface area contributed by atoms with Crippen molar-refractivity contribution in [1.82, 2.24) is 0 Å². The van der Waals surface area contributed by atoms with Gasteiger partial charge in [0.05, 0.1) is 13.7 Å². The van der Waals surface area contributed by atoms with Gasteiger partial charge in [0.1, 0.15) is 0 Å². The highest BCUT2D eigenvalue weighted by Crippen LogP contribution is 2.09. The number of unbranched alkanes of at least 4 members (excludes halogenated alkanes) is 6. The van der Waals surface area contributed by atoms with Crippen molar-refractivity contribution in [2.24, 2.45) is 0 Å². The maximum Gasteiger partial charge on any atom is 0.330 e. The van der Waals surface area contributed by atoms with Crippen LogP contribution in [0.25, 0.3) is 0 Å². The topological polar surface area (TPSA) is 52.6 Å². The Morgan fingerprint density at radius 1 is 1.00 bits per heavy atom. The van der Waals surface area contributed by atoms with E-state index in [1.807, 2.05) is 6.08 Å². The molecule has 0 aliphatic heterocycles. The van der Waals surface area contributed by atoms with Crippen LogP contribution in [0, 0.1) is 0 Å². The Hall–Kier alpha value is -1.32. The van der Waals surface area contributed by atoms with E-state index in [2.05, 4.69) is 4.74 Å². The molecule has 110 valence electrons. The Morgan fingerprint density at radius 3 is 2.26 bits per heavy atom. The van der Waals surface area contributed by atoms with Crippen LogP contribution in [-0.2, 0) is 19.1 Å². The molecule has 0 aromatic rings. The van der Waals surface area contributed by atoms with Crippen LogP contribution in [0.15, 0.2) is 12.2 Å². The SMILES string of the molecule is CCOC(=O)C=CCCCCCCCCC(=O)OC. The molecule has 4 heteroatoms. The molecule has 4 nitrogen and oxygen atoms in total. The second-order valence-corrected chi connectivity index (χ2v) is 4.39. The molecule has 0 rings (SSSR count). The molecule has 0 amide bonds. The Balaban J connectivity index is 3.23. The highest BCUT2D eigenvalue weighted by atomic mass is 16.5. The molecule has 0 heterocycles. The van der Waals surface area contributed by atoms with E-state index in [0.717, 1.165) is 38.5 Å². The number of carbonyl (C=O) groups excluding carboxylic acids is 2. The molecule has 0 saturated carbocycles. The summed E-state index contributed by atoms with van der Waals surface area (Å²) in [6, 6.07) is 0. The van der Waals surface area contributed by atoms with Crippen LogP contribution in [0.1, 0.15) is 58.3 Å². The molecule has 0 atom stereocenters. The van der Waals surface area contributed by atoms with Gasteiger partial charge in [0.2, 0.25) is 0 Å². The fraction of sp³-hybridized carbons (Fsp3) is 0.733. The van der Waals surface area contributed by atoms with Crippen molar-refractivity contribution in [3.05, 3.63) is 12.2 Å². The van der Waals surface area contributed by atoms with Gasteiger partial charge in [0.15, 0.2) is 0 Å². The molecule has 19 heavy (non-hydrogen) atoms. The molecule has 0 fully saturated rings. The first kappa shape index (κ1) is 17.7. The molecule has 0 unspecified atom stereocenters. The number of allylic oxidation sites excluding steroid dienone is 1. The second-order valence-electron chi connectivity index (χ2n) is 4.39. The van der Waals surface area contributed by atoms with Crippen molar-refractivity contribution in [2.75, 3.05) is 13.7 Å². The number of rotatable bonds is 11. The third-order valence-corrected chi connectivity index (χ3v) is 2.77. The Morgan fingerprint density at radius 2 is 1.63 bits per heavy atom. The molecule has 0 spiro atoms. The molecule has 0 aliphatic rings. The number of hydrogen-bond donors (Lipinski definition) is 0. The quantitative estimate of drug-likeness (QED) is 0.328. The molecule has 0 N–H and O–H groups in total. The number of ether oxygens (including phenoxy) is 2. The fourth-order valence-corrected chi connectivity index (χ4v) is 1.71. The zero-order valence-electron chi connectivity index (χ0n) is 12.2. The number of esters is 2. The first-order valence-electron chi connectivity index (χ1n) is 7.10. The van der Waals surface area contributed by atoms with E-state index in [-0.39, 0.29) is 11.9 Å². The molecule has 0 bridgehead atoms. The summed E-state index contributed by atoms with van der Waals surface area (Å²) in [6.07, 6.45) is 11.4. The summed E-state index contributed by atoms with van der Waals surface area (Å²) in [6.45, 7) is 2.22. The van der Waals surface area contributed by atoms with E-state index in [0.29, 0.717) is 13.0 Å². The first-order valence-corrected chi connectivity index (χ1v) is 7.10. The van der Waals surface area contributed by atoms with E-state index in [1.165, 1.54) is 19.6 Å². The number of methoxy groups -OCH3 is 1. The van der Waals surface area contributed by atoms with Gasteiger partial charge in [0.25, 0.3) is 0 Å². The molecule has 0 aromatic heterocycles. The van der Waals surface area contributed by atoms with Gasteiger partial charge in [-0.05, 0) is 26.2 Å². The van der Waals surface area contributed by atoms with Crippen molar-refractivity contribution < 1.29 is 19.1 Å². The zero-order valence-corrected chi connectivity index (χ0v) is 12.2. The van der Waals surface area contributed by atoms with Crippen LogP contribution in [0.5, 0.6) is 0 Å². The summed E-state index contributed by atoms with van der Waals surface area (Å²) in [5.74, 6) is -0.380. The Labute approximate surface area is 116 Å². The molecular weight excluding hydrogens is 244 g/mol. The maximum atomic E-state index is 11.0. The minimum atomic E-state index is -0.259. The van der Waals surface area contributed by atoms with Crippen molar-refractivity contribution in [2.45, 2.75) is 58.3 Å². The van der Waals surface area contributed by atoms with Crippen LogP contribution in [-0.4, -0.2) is 25.7 Å². The summed E-state index contributed by atoms with van der Waals surface area (Å²) in [4.78, 5) is 21.8. The fourth-order valence-electron chi connectivity index (χ4n) is 1.71. The lowest BCUT2D eigenvalue weighted by molar-refractivity contribution is -0.140. The lowest BCUT2D eigenvalue weighted by Gasteiger charge is -2.00. The first-order chi connectivity index (χ1) is 9.20. The average Bonchev–Trinajstić information content (AvgIpc) is 2.40. The van der Waals surface area contributed by atoms with Gasteiger partial charge in [-0.2, -0.15) is 0 Å². The van der Waals surface area contributed by atoms with Crippen LogP contribution in [0.2, 0.25) is 0 Å². The summed E-state index contributed by atoms with van der Waals surface area (Å²) in [5, 5.41) is 0. The average molecular weight is 270 g/mol. The van der Waals surface area contributed by atoms with Gasteiger partial charge < -0.3 is 9.47 Å². The van der Waals surface area contributed by atoms with Crippen LogP contribution in [0.3, 0.4) is 0 Å². The summed E-state index contributed by atoms with van der Waals surface area (Å²) in [5.41, 5.74) is 0. The van der Waals surface area contributed by atoms with E-state index in [9.17, 15) is 9.59 Å². The summed E-state index contributed by atoms with van der Waals surface area (Å²) in [7, 11) is 1.42. The number of carbonyl (C=O) groups is 2. The largest absolute Gasteiger partial charge is 0.469 e. The lowest BCUT2D eigenvalue weighted by atomic mass is 10.1. The van der Waals surface area contributed by atoms with Crippen molar-refractivity contribution in [3.63, 3.8) is 0 Å². The van der Waals surface area contributed by atoms with Gasteiger partial charge in [-0.25, -0.2) is 4.79 Å². The maximum absolute atomic E-state index is 11.0. The van der Waals surface area contributed by atoms with E-state index in [1.54, 1.807) is 6.92 Å². The molecule has 0 radical (unpaired) electrons. The molecular formula is C15H26O4. The normalized spacial score (nSPS) is 10.6. The predicted molar refractivity (Wildman–Crippen MR) is 74.7 cm³/mol.